The maximum Gasteiger partial charge on any atom is 0.303 e. The number of carboxylic acid groups (broad SMARTS) is 1. The highest BCUT2D eigenvalue weighted by molar-refractivity contribution is 5.84. The summed E-state index contributed by atoms with van der Waals surface area (Å²) in [5, 5.41) is 28.6. The Bertz CT molecular complexity index is 432. The normalized spacial score (nSPS) is 24.9. The third kappa shape index (κ3) is 8.63. The summed E-state index contributed by atoms with van der Waals surface area (Å²) in [6.07, 6.45) is 10.8. The fourth-order valence-corrected chi connectivity index (χ4v) is 3.54. The van der Waals surface area contributed by atoms with Crippen LogP contribution in [0.25, 0.3) is 0 Å². The van der Waals surface area contributed by atoms with Crippen LogP contribution in [0.1, 0.15) is 77.6 Å². The van der Waals surface area contributed by atoms with Gasteiger partial charge >= 0.3 is 5.97 Å². The summed E-state index contributed by atoms with van der Waals surface area (Å²) in [7, 11) is 0. The lowest BCUT2D eigenvalue weighted by molar-refractivity contribution is -0.137. The second kappa shape index (κ2) is 12.2. The van der Waals surface area contributed by atoms with Gasteiger partial charge in [0, 0.05) is 24.7 Å². The molecule has 1 aliphatic carbocycles. The first kappa shape index (κ1) is 21.8. The molecule has 1 aliphatic rings. The Labute approximate surface area is 151 Å². The van der Waals surface area contributed by atoms with Gasteiger partial charge in [-0.1, -0.05) is 51.2 Å². The molecular weight excluding hydrogens is 320 g/mol. The Morgan fingerprint density at radius 1 is 1.24 bits per heavy atom. The molecule has 0 spiro atoms. The number of aliphatic hydroxyl groups excluding tert-OH is 2. The van der Waals surface area contributed by atoms with Crippen molar-refractivity contribution >= 4 is 11.8 Å². The van der Waals surface area contributed by atoms with Crippen LogP contribution in [0.15, 0.2) is 12.2 Å². The average Bonchev–Trinajstić information content (AvgIpc) is 2.82. The van der Waals surface area contributed by atoms with E-state index in [2.05, 4.69) is 6.92 Å². The molecule has 1 saturated carbocycles. The molecule has 0 aliphatic heterocycles. The smallest absolute Gasteiger partial charge is 0.303 e. The number of hydrogen-bond acceptors (Lipinski definition) is 4. The Kier molecular flexibility index (Phi) is 10.7. The van der Waals surface area contributed by atoms with E-state index in [4.69, 9.17) is 5.11 Å². The Morgan fingerprint density at radius 2 is 1.96 bits per heavy atom. The van der Waals surface area contributed by atoms with Gasteiger partial charge < -0.3 is 15.3 Å². The molecule has 0 aromatic carbocycles. The van der Waals surface area contributed by atoms with Crippen LogP contribution in [0.5, 0.6) is 0 Å². The molecule has 5 heteroatoms. The molecule has 0 bridgehead atoms. The van der Waals surface area contributed by atoms with Crippen LogP contribution >= 0.6 is 0 Å². The predicted octanol–water partition coefficient (Wildman–Crippen LogP) is 3.48. The first-order chi connectivity index (χ1) is 12.0. The Morgan fingerprint density at radius 3 is 2.64 bits per heavy atom. The molecule has 144 valence electrons. The number of unbranched alkanes of at least 4 members (excludes halogenated alkanes) is 4. The topological polar surface area (TPSA) is 94.8 Å². The van der Waals surface area contributed by atoms with E-state index in [-0.39, 0.29) is 36.6 Å². The van der Waals surface area contributed by atoms with Gasteiger partial charge in [-0.05, 0) is 25.7 Å². The molecular formula is C20H34O5. The highest BCUT2D eigenvalue weighted by Gasteiger charge is 2.39. The molecule has 0 saturated heterocycles. The molecule has 1 fully saturated rings. The van der Waals surface area contributed by atoms with Crippen molar-refractivity contribution in [2.45, 2.75) is 89.8 Å². The minimum Gasteiger partial charge on any atom is -0.481 e. The highest BCUT2D eigenvalue weighted by Crippen LogP contribution is 2.34. The van der Waals surface area contributed by atoms with Crippen LogP contribution in [-0.2, 0) is 9.59 Å². The molecule has 0 radical (unpaired) electrons. The number of carbonyl (C=O) groups excluding carboxylic acids is 1. The van der Waals surface area contributed by atoms with Gasteiger partial charge in [-0.15, -0.1) is 0 Å². The van der Waals surface area contributed by atoms with Gasteiger partial charge in [0.25, 0.3) is 0 Å². The lowest BCUT2D eigenvalue weighted by atomic mass is 9.88. The third-order valence-corrected chi connectivity index (χ3v) is 5.05. The van der Waals surface area contributed by atoms with Crippen LogP contribution in [0.4, 0.5) is 0 Å². The molecule has 3 N–H and O–H groups in total. The Hall–Kier alpha value is -1.20. The number of aliphatic carboxylic acids is 1. The molecule has 0 aromatic heterocycles. The number of carboxylic acids is 1. The summed E-state index contributed by atoms with van der Waals surface area (Å²) < 4.78 is 0. The number of aliphatic hydroxyl groups is 2. The van der Waals surface area contributed by atoms with Crippen molar-refractivity contribution in [3.63, 3.8) is 0 Å². The van der Waals surface area contributed by atoms with Crippen molar-refractivity contribution < 1.29 is 24.9 Å². The molecule has 25 heavy (non-hydrogen) atoms. The van der Waals surface area contributed by atoms with Crippen LogP contribution < -0.4 is 0 Å². The molecule has 5 nitrogen and oxygen atoms in total. The monoisotopic (exact) mass is 354 g/mol. The van der Waals surface area contributed by atoms with Crippen molar-refractivity contribution in [1.29, 1.82) is 0 Å². The van der Waals surface area contributed by atoms with Gasteiger partial charge in [0.1, 0.15) is 5.78 Å². The van der Waals surface area contributed by atoms with E-state index in [1.54, 1.807) is 0 Å². The molecule has 0 aromatic rings. The molecule has 4 atom stereocenters. The summed E-state index contributed by atoms with van der Waals surface area (Å²) in [6, 6.07) is 0. The zero-order valence-corrected chi connectivity index (χ0v) is 15.4. The maximum absolute atomic E-state index is 12.1. The van der Waals surface area contributed by atoms with Crippen molar-refractivity contribution in [2.75, 3.05) is 0 Å². The van der Waals surface area contributed by atoms with Gasteiger partial charge in [0.15, 0.2) is 0 Å². The largest absolute Gasteiger partial charge is 0.481 e. The number of hydrogen-bond donors (Lipinski definition) is 3. The van der Waals surface area contributed by atoms with E-state index in [0.717, 1.165) is 44.9 Å². The fourth-order valence-electron chi connectivity index (χ4n) is 3.54. The Balaban J connectivity index is 2.37. The zero-order valence-electron chi connectivity index (χ0n) is 15.4. The SMILES string of the molecule is CCCC[C@@H](O)CC=C[C@H]1[C@H](O)CC(=O)[C@@H]1CCCCCCC(=O)O. The van der Waals surface area contributed by atoms with Crippen molar-refractivity contribution in [2.24, 2.45) is 11.8 Å². The first-order valence-electron chi connectivity index (χ1n) is 9.73. The van der Waals surface area contributed by atoms with Gasteiger partial charge in [0.2, 0.25) is 0 Å². The third-order valence-electron chi connectivity index (χ3n) is 5.05. The first-order valence-corrected chi connectivity index (χ1v) is 9.73. The lowest BCUT2D eigenvalue weighted by Gasteiger charge is -2.17. The summed E-state index contributed by atoms with van der Waals surface area (Å²) in [5.41, 5.74) is 0. The quantitative estimate of drug-likeness (QED) is 0.348. The van der Waals surface area contributed by atoms with E-state index >= 15 is 0 Å². The minimum absolute atomic E-state index is 0.124. The summed E-state index contributed by atoms with van der Waals surface area (Å²) in [4.78, 5) is 22.6. The molecule has 0 unspecified atom stereocenters. The van der Waals surface area contributed by atoms with Gasteiger partial charge in [0.05, 0.1) is 12.2 Å². The van der Waals surface area contributed by atoms with E-state index in [0.29, 0.717) is 12.8 Å². The van der Waals surface area contributed by atoms with E-state index in [9.17, 15) is 19.8 Å². The van der Waals surface area contributed by atoms with Crippen LogP contribution in [0, 0.1) is 11.8 Å². The molecule has 1 rings (SSSR count). The second-order valence-corrected chi connectivity index (χ2v) is 7.23. The minimum atomic E-state index is -0.764. The van der Waals surface area contributed by atoms with Crippen LogP contribution in [0.3, 0.4) is 0 Å². The van der Waals surface area contributed by atoms with Gasteiger partial charge in [-0.3, -0.25) is 9.59 Å². The van der Waals surface area contributed by atoms with Crippen molar-refractivity contribution in [3.8, 4) is 0 Å². The van der Waals surface area contributed by atoms with E-state index in [1.807, 2.05) is 12.2 Å². The fraction of sp³-hybridized carbons (Fsp3) is 0.800. The van der Waals surface area contributed by atoms with Crippen molar-refractivity contribution in [3.05, 3.63) is 12.2 Å². The van der Waals surface area contributed by atoms with Crippen molar-refractivity contribution in [1.82, 2.24) is 0 Å². The van der Waals surface area contributed by atoms with Crippen LogP contribution in [-0.4, -0.2) is 39.3 Å². The number of Topliss-reactive ketones (excluding diaryl/α,β-unsaturated/α-hetero) is 1. The number of ketones is 1. The van der Waals surface area contributed by atoms with E-state index in [1.165, 1.54) is 0 Å². The predicted molar refractivity (Wildman–Crippen MR) is 97.2 cm³/mol. The average molecular weight is 354 g/mol. The summed E-state index contributed by atoms with van der Waals surface area (Å²) >= 11 is 0. The summed E-state index contributed by atoms with van der Waals surface area (Å²) in [6.45, 7) is 2.09. The van der Waals surface area contributed by atoms with Gasteiger partial charge in [-0.2, -0.15) is 0 Å². The maximum atomic E-state index is 12.1. The second-order valence-electron chi connectivity index (χ2n) is 7.23. The molecule has 0 heterocycles. The lowest BCUT2D eigenvalue weighted by Crippen LogP contribution is -2.18. The zero-order chi connectivity index (χ0) is 18.7. The number of carbonyl (C=O) groups is 2. The van der Waals surface area contributed by atoms with Crippen LogP contribution in [0.2, 0.25) is 0 Å². The molecule has 0 amide bonds. The standard InChI is InChI=1S/C20H34O5/c1-2-3-9-15(21)10-8-12-17-16(18(22)14-19(17)23)11-6-4-5-7-13-20(24)25/h8,12,15-17,19,21,23H,2-7,9-11,13-14H2,1H3,(H,24,25)/t15-,16-,17-,19-/m1/s1. The summed E-state index contributed by atoms with van der Waals surface area (Å²) in [5.74, 6) is -0.928. The highest BCUT2D eigenvalue weighted by atomic mass is 16.4. The number of rotatable bonds is 13. The van der Waals surface area contributed by atoms with Gasteiger partial charge in [-0.25, -0.2) is 0 Å². The van der Waals surface area contributed by atoms with E-state index < -0.39 is 12.1 Å².